The van der Waals surface area contributed by atoms with E-state index in [2.05, 4.69) is 5.32 Å². The highest BCUT2D eigenvalue weighted by atomic mass is 16.7. The van der Waals surface area contributed by atoms with Crippen LogP contribution in [0.4, 0.5) is 0 Å². The molecule has 1 heterocycles. The number of fused-ring (bicyclic) bond motifs is 1. The third-order valence-electron chi connectivity index (χ3n) is 4.89. The van der Waals surface area contributed by atoms with E-state index < -0.39 is 12.2 Å². The summed E-state index contributed by atoms with van der Waals surface area (Å²) in [5.74, 6) is 0.403. The Kier molecular flexibility index (Phi) is 9.71. The van der Waals surface area contributed by atoms with Crippen molar-refractivity contribution in [2.45, 2.75) is 38.0 Å². The zero-order chi connectivity index (χ0) is 22.8. The molecule has 1 aromatic carbocycles. The zero-order valence-electron chi connectivity index (χ0n) is 18.7. The molecule has 1 aromatic rings. The highest BCUT2D eigenvalue weighted by molar-refractivity contribution is 6.01. The van der Waals surface area contributed by atoms with Crippen LogP contribution in [0.1, 0.15) is 35.7 Å². The SMILES string of the molecule is COCOc1cc(OC)cc2c1C(=O)NC(C)C/C=C\C(=O)C(OC)[C@@H](OC)C/C=C/2. The normalized spacial score (nSPS) is 24.5. The Morgan fingerprint density at radius 2 is 1.74 bits per heavy atom. The molecule has 0 spiro atoms. The van der Waals surface area contributed by atoms with Gasteiger partial charge in [-0.15, -0.1) is 0 Å². The lowest BCUT2D eigenvalue weighted by Crippen LogP contribution is -2.36. The molecule has 0 aliphatic carbocycles. The van der Waals surface area contributed by atoms with E-state index in [1.807, 2.05) is 13.0 Å². The second kappa shape index (κ2) is 12.2. The zero-order valence-corrected chi connectivity index (χ0v) is 18.7. The van der Waals surface area contributed by atoms with E-state index in [1.165, 1.54) is 27.4 Å². The van der Waals surface area contributed by atoms with Crippen LogP contribution in [0.15, 0.2) is 30.4 Å². The number of nitrogens with one attached hydrogen (secondary N) is 1. The fourth-order valence-corrected chi connectivity index (χ4v) is 3.30. The Bertz CT molecular complexity index is 818. The third-order valence-corrected chi connectivity index (χ3v) is 4.89. The van der Waals surface area contributed by atoms with E-state index in [0.717, 1.165) is 0 Å². The average Bonchev–Trinajstić information content (AvgIpc) is 2.75. The first-order valence-corrected chi connectivity index (χ1v) is 10.0. The Morgan fingerprint density at radius 3 is 2.39 bits per heavy atom. The minimum Gasteiger partial charge on any atom is -0.497 e. The minimum atomic E-state index is -0.732. The monoisotopic (exact) mass is 433 g/mol. The van der Waals surface area contributed by atoms with Gasteiger partial charge < -0.3 is 29.0 Å². The van der Waals surface area contributed by atoms with Gasteiger partial charge in [-0.1, -0.05) is 18.2 Å². The summed E-state index contributed by atoms with van der Waals surface area (Å²) in [5.41, 5.74) is 0.980. The van der Waals surface area contributed by atoms with Crippen LogP contribution in [0.25, 0.3) is 6.08 Å². The molecule has 31 heavy (non-hydrogen) atoms. The van der Waals surface area contributed by atoms with Gasteiger partial charge in [0.25, 0.3) is 5.91 Å². The number of hydrogen-bond acceptors (Lipinski definition) is 7. The summed E-state index contributed by atoms with van der Waals surface area (Å²) >= 11 is 0. The summed E-state index contributed by atoms with van der Waals surface area (Å²) in [5, 5.41) is 2.95. The van der Waals surface area contributed by atoms with Gasteiger partial charge in [0, 0.05) is 33.4 Å². The quantitative estimate of drug-likeness (QED) is 0.690. The van der Waals surface area contributed by atoms with E-state index in [0.29, 0.717) is 35.5 Å². The first-order chi connectivity index (χ1) is 14.9. The second-order valence-corrected chi connectivity index (χ2v) is 7.12. The van der Waals surface area contributed by atoms with Crippen molar-refractivity contribution in [2.75, 3.05) is 35.2 Å². The predicted molar refractivity (Wildman–Crippen MR) is 116 cm³/mol. The summed E-state index contributed by atoms with van der Waals surface area (Å²) < 4.78 is 26.9. The molecule has 0 aromatic heterocycles. The van der Waals surface area contributed by atoms with E-state index in [-0.39, 0.29) is 24.5 Å². The van der Waals surface area contributed by atoms with Crippen LogP contribution in [-0.4, -0.2) is 65.2 Å². The average molecular weight is 434 g/mol. The molecule has 2 rings (SSSR count). The van der Waals surface area contributed by atoms with Gasteiger partial charge in [0.15, 0.2) is 12.6 Å². The molecule has 3 atom stereocenters. The van der Waals surface area contributed by atoms with Gasteiger partial charge in [0.05, 0.1) is 18.8 Å². The van der Waals surface area contributed by atoms with Gasteiger partial charge in [-0.05, 0) is 37.5 Å². The second-order valence-electron chi connectivity index (χ2n) is 7.12. The summed E-state index contributed by atoms with van der Waals surface area (Å²) in [6, 6.07) is 3.19. The molecule has 8 nitrogen and oxygen atoms in total. The van der Waals surface area contributed by atoms with Crippen molar-refractivity contribution in [2.24, 2.45) is 0 Å². The van der Waals surface area contributed by atoms with Crippen molar-refractivity contribution in [3.63, 3.8) is 0 Å². The van der Waals surface area contributed by atoms with Crippen molar-refractivity contribution >= 4 is 17.8 Å². The van der Waals surface area contributed by atoms with Crippen LogP contribution in [0.2, 0.25) is 0 Å². The lowest BCUT2D eigenvalue weighted by Gasteiger charge is -2.22. The number of rotatable bonds is 6. The number of benzene rings is 1. The molecule has 8 heteroatoms. The van der Waals surface area contributed by atoms with Gasteiger partial charge >= 0.3 is 0 Å². The molecular formula is C23H31NO7. The third kappa shape index (κ3) is 6.65. The summed E-state index contributed by atoms with van der Waals surface area (Å²) in [4.78, 5) is 25.6. The molecule has 1 amide bonds. The van der Waals surface area contributed by atoms with Crippen LogP contribution in [0.5, 0.6) is 11.5 Å². The van der Waals surface area contributed by atoms with Crippen molar-refractivity contribution in [3.05, 3.63) is 41.5 Å². The maximum Gasteiger partial charge on any atom is 0.255 e. The van der Waals surface area contributed by atoms with E-state index >= 15 is 0 Å². The minimum absolute atomic E-state index is 0.0156. The lowest BCUT2D eigenvalue weighted by molar-refractivity contribution is -0.132. The molecule has 1 N–H and O–H groups in total. The highest BCUT2D eigenvalue weighted by Gasteiger charge is 2.26. The van der Waals surface area contributed by atoms with Gasteiger partial charge in [-0.3, -0.25) is 9.59 Å². The number of hydrogen-bond donors (Lipinski definition) is 1. The van der Waals surface area contributed by atoms with Crippen LogP contribution >= 0.6 is 0 Å². The maximum atomic E-state index is 13.1. The number of ether oxygens (including phenoxy) is 5. The maximum absolute atomic E-state index is 13.1. The fraction of sp³-hybridized carbons (Fsp3) is 0.478. The summed E-state index contributed by atoms with van der Waals surface area (Å²) in [6.07, 6.45) is 6.48. The molecule has 0 saturated carbocycles. The largest absolute Gasteiger partial charge is 0.497 e. The fourth-order valence-electron chi connectivity index (χ4n) is 3.30. The Hall–Kier alpha value is -2.68. The first kappa shape index (κ1) is 24.6. The topological polar surface area (TPSA) is 92.3 Å². The van der Waals surface area contributed by atoms with Gasteiger partial charge in [-0.2, -0.15) is 0 Å². The van der Waals surface area contributed by atoms with Gasteiger partial charge in [-0.25, -0.2) is 0 Å². The van der Waals surface area contributed by atoms with E-state index in [9.17, 15) is 9.59 Å². The number of carbonyl (C=O) groups is 2. The molecule has 0 fully saturated rings. The molecule has 0 bridgehead atoms. The Labute approximate surface area is 183 Å². The molecular weight excluding hydrogens is 402 g/mol. The van der Waals surface area contributed by atoms with E-state index in [4.69, 9.17) is 23.7 Å². The number of amides is 1. The number of ketones is 1. The number of carbonyl (C=O) groups excluding carboxylic acids is 2. The summed E-state index contributed by atoms with van der Waals surface area (Å²) in [6.45, 7) is 1.84. The van der Waals surface area contributed by atoms with Crippen molar-refractivity contribution in [1.82, 2.24) is 5.32 Å². The van der Waals surface area contributed by atoms with Gasteiger partial charge in [0.2, 0.25) is 0 Å². The molecule has 1 aliphatic heterocycles. The smallest absolute Gasteiger partial charge is 0.255 e. The molecule has 0 saturated heterocycles. The Balaban J connectivity index is 2.54. The number of methoxy groups -OCH3 is 4. The van der Waals surface area contributed by atoms with Crippen molar-refractivity contribution in [3.8, 4) is 11.5 Å². The van der Waals surface area contributed by atoms with Gasteiger partial charge in [0.1, 0.15) is 17.6 Å². The Morgan fingerprint density at radius 1 is 1.00 bits per heavy atom. The van der Waals surface area contributed by atoms with Crippen molar-refractivity contribution < 1.29 is 33.3 Å². The van der Waals surface area contributed by atoms with Crippen LogP contribution in [0.3, 0.4) is 0 Å². The van der Waals surface area contributed by atoms with Crippen molar-refractivity contribution in [1.29, 1.82) is 0 Å². The highest BCUT2D eigenvalue weighted by Crippen LogP contribution is 2.31. The lowest BCUT2D eigenvalue weighted by atomic mass is 10.0. The molecule has 0 radical (unpaired) electrons. The van der Waals surface area contributed by atoms with Crippen LogP contribution in [-0.2, 0) is 19.0 Å². The molecule has 170 valence electrons. The standard InChI is InChI=1S/C23H31NO7/c1-15-8-6-10-18(25)22(30-5)19(29-4)11-7-9-16-12-17(28-3)13-20(31-14-27-2)21(16)23(26)24-15/h6-7,9-10,12-13,15,19,22H,8,11,14H2,1-5H3,(H,24,26)/b9-7+,10-6-/t15?,19-,22?/m0/s1. The summed E-state index contributed by atoms with van der Waals surface area (Å²) in [7, 11) is 6.07. The van der Waals surface area contributed by atoms with Crippen LogP contribution in [0, 0.1) is 0 Å². The van der Waals surface area contributed by atoms with Crippen LogP contribution < -0.4 is 14.8 Å². The van der Waals surface area contributed by atoms with E-state index in [1.54, 1.807) is 31.4 Å². The first-order valence-electron chi connectivity index (χ1n) is 10.0. The molecule has 2 unspecified atom stereocenters. The molecule has 1 aliphatic rings. The predicted octanol–water partition coefficient (Wildman–Crippen LogP) is 2.76.